The summed E-state index contributed by atoms with van der Waals surface area (Å²) in [6.45, 7) is 4.97. The van der Waals surface area contributed by atoms with E-state index in [-0.39, 0.29) is 18.5 Å². The lowest BCUT2D eigenvalue weighted by Gasteiger charge is -2.22. The van der Waals surface area contributed by atoms with Gasteiger partial charge in [-0.2, -0.15) is 0 Å². The highest BCUT2D eigenvalue weighted by Crippen LogP contribution is 2.19. The topological polar surface area (TPSA) is 95.9 Å². The molecular weight excluding hydrogens is 899 g/mol. The molecule has 0 fully saturated rings. The lowest BCUT2D eigenvalue weighted by atomic mass is 10.0. The monoisotopic (exact) mass is 1030 g/mol. The first kappa shape index (κ1) is 71.6. The number of ether oxygens (including phenoxy) is 1. The molecular formula is C67H131NO5. The number of aliphatic hydroxyl groups is 2. The molecule has 0 rings (SSSR count). The van der Waals surface area contributed by atoms with Crippen LogP contribution in [0.1, 0.15) is 380 Å². The van der Waals surface area contributed by atoms with Gasteiger partial charge in [0.1, 0.15) is 0 Å². The maximum atomic E-state index is 12.5. The molecule has 2 unspecified atom stereocenters. The fourth-order valence-electron chi connectivity index (χ4n) is 10.7. The summed E-state index contributed by atoms with van der Waals surface area (Å²) in [5, 5.41) is 23.4. The molecule has 6 heteroatoms. The minimum Gasteiger partial charge on any atom is -0.466 e. The molecule has 434 valence electrons. The van der Waals surface area contributed by atoms with Gasteiger partial charge in [0.25, 0.3) is 0 Å². The van der Waals surface area contributed by atoms with Gasteiger partial charge in [-0.05, 0) is 51.4 Å². The van der Waals surface area contributed by atoms with Gasteiger partial charge in [-0.3, -0.25) is 9.59 Å². The molecule has 0 heterocycles. The summed E-state index contributed by atoms with van der Waals surface area (Å²) < 4.78 is 5.48. The summed E-state index contributed by atoms with van der Waals surface area (Å²) >= 11 is 0. The second-order valence-corrected chi connectivity index (χ2v) is 23.2. The first-order valence-corrected chi connectivity index (χ1v) is 33.4. The number of rotatable bonds is 63. The summed E-state index contributed by atoms with van der Waals surface area (Å²) in [5.74, 6) is -0.0270. The van der Waals surface area contributed by atoms with E-state index in [0.29, 0.717) is 25.9 Å². The Balaban J connectivity index is 3.38. The smallest absolute Gasteiger partial charge is 0.305 e. The molecule has 3 N–H and O–H groups in total. The summed E-state index contributed by atoms with van der Waals surface area (Å²) in [4.78, 5) is 24.6. The number of amides is 1. The number of unbranched alkanes of at least 4 members (excludes halogenated alkanes) is 50. The Labute approximate surface area is 457 Å². The molecule has 0 saturated heterocycles. The molecule has 1 amide bonds. The zero-order valence-corrected chi connectivity index (χ0v) is 49.6. The van der Waals surface area contributed by atoms with Crippen molar-refractivity contribution < 1.29 is 24.5 Å². The van der Waals surface area contributed by atoms with Gasteiger partial charge in [-0.1, -0.05) is 328 Å². The lowest BCUT2D eigenvalue weighted by Crippen LogP contribution is -2.45. The second-order valence-electron chi connectivity index (χ2n) is 23.2. The van der Waals surface area contributed by atoms with E-state index >= 15 is 0 Å². The quantitative estimate of drug-likeness (QED) is 0.0320. The Morgan fingerprint density at radius 2 is 0.644 bits per heavy atom. The third-order valence-electron chi connectivity index (χ3n) is 15.8. The zero-order chi connectivity index (χ0) is 52.9. The molecule has 0 aliphatic rings. The molecule has 0 aliphatic heterocycles. The highest BCUT2D eigenvalue weighted by molar-refractivity contribution is 5.76. The summed E-state index contributed by atoms with van der Waals surface area (Å²) in [6.07, 6.45) is 76.6. The van der Waals surface area contributed by atoms with Gasteiger partial charge in [0.05, 0.1) is 25.4 Å². The van der Waals surface area contributed by atoms with Crippen molar-refractivity contribution in [2.45, 2.75) is 392 Å². The highest BCUT2D eigenvalue weighted by Gasteiger charge is 2.20. The van der Waals surface area contributed by atoms with Crippen molar-refractivity contribution in [2.24, 2.45) is 0 Å². The fourth-order valence-corrected chi connectivity index (χ4v) is 10.7. The second kappa shape index (κ2) is 63.1. The van der Waals surface area contributed by atoms with Crippen LogP contribution in [0.2, 0.25) is 0 Å². The predicted octanol–water partition coefficient (Wildman–Crippen LogP) is 21.2. The van der Waals surface area contributed by atoms with Crippen LogP contribution in [0.5, 0.6) is 0 Å². The summed E-state index contributed by atoms with van der Waals surface area (Å²) in [6, 6.07) is -0.543. The maximum Gasteiger partial charge on any atom is 0.305 e. The highest BCUT2D eigenvalue weighted by atomic mass is 16.5. The van der Waals surface area contributed by atoms with Crippen LogP contribution in [0.3, 0.4) is 0 Å². The van der Waals surface area contributed by atoms with Gasteiger partial charge >= 0.3 is 5.97 Å². The van der Waals surface area contributed by atoms with Crippen molar-refractivity contribution in [3.05, 3.63) is 12.2 Å². The Hall–Kier alpha value is -1.40. The molecule has 0 aliphatic carbocycles. The van der Waals surface area contributed by atoms with Crippen LogP contribution in [0.4, 0.5) is 0 Å². The first-order chi connectivity index (χ1) is 36.0. The number of carbonyl (C=O) groups excluding carboxylic acids is 2. The summed E-state index contributed by atoms with van der Waals surface area (Å²) in [7, 11) is 0. The Morgan fingerprint density at radius 3 is 0.973 bits per heavy atom. The Morgan fingerprint density at radius 1 is 0.370 bits per heavy atom. The normalized spacial score (nSPS) is 12.5. The molecule has 0 spiro atoms. The Bertz CT molecular complexity index is 1100. The largest absolute Gasteiger partial charge is 0.466 e. The Kier molecular flexibility index (Phi) is 61.9. The van der Waals surface area contributed by atoms with Crippen LogP contribution in [-0.4, -0.2) is 47.4 Å². The molecule has 73 heavy (non-hydrogen) atoms. The minimum absolute atomic E-state index is 0.00457. The van der Waals surface area contributed by atoms with Crippen LogP contribution >= 0.6 is 0 Å². The zero-order valence-electron chi connectivity index (χ0n) is 49.6. The van der Waals surface area contributed by atoms with Crippen LogP contribution in [0.15, 0.2) is 12.2 Å². The average Bonchev–Trinajstić information content (AvgIpc) is 3.39. The van der Waals surface area contributed by atoms with Gasteiger partial charge in [-0.15, -0.1) is 0 Å². The van der Waals surface area contributed by atoms with Crippen molar-refractivity contribution in [1.82, 2.24) is 5.32 Å². The third-order valence-corrected chi connectivity index (χ3v) is 15.8. The van der Waals surface area contributed by atoms with Gasteiger partial charge < -0.3 is 20.3 Å². The van der Waals surface area contributed by atoms with E-state index in [1.807, 2.05) is 0 Å². The van der Waals surface area contributed by atoms with E-state index in [1.165, 1.54) is 302 Å². The van der Waals surface area contributed by atoms with Crippen molar-refractivity contribution in [3.63, 3.8) is 0 Å². The standard InChI is InChI=1S/C67H131NO5/c1-3-5-7-9-11-13-15-17-19-20-21-23-26-29-32-35-39-43-47-51-55-59-65(70)64(63-69)68-66(71)60-56-52-48-44-40-36-33-30-27-24-22-25-28-31-34-38-42-46-50-54-58-62-73-67(72)61-57-53-49-45-41-37-18-16-14-12-10-8-6-4-2/h16,18,64-65,69-70H,3-15,17,19-63H2,1-2H3,(H,68,71)/b18-16-. The SMILES string of the molecule is CCCCCCC/C=C\CCCCCCCC(=O)OCCCCCCCCCCCCCCCCCCCCCCCC(=O)NC(CO)C(O)CCCCCCCCCCCCCCCCCCCCCCC. The average molecular weight is 1030 g/mol. The van der Waals surface area contributed by atoms with Crippen molar-refractivity contribution >= 4 is 11.9 Å². The number of aliphatic hydroxyl groups excluding tert-OH is 2. The molecule has 0 saturated carbocycles. The van der Waals surface area contributed by atoms with Crippen LogP contribution in [0.25, 0.3) is 0 Å². The van der Waals surface area contributed by atoms with Gasteiger partial charge in [0, 0.05) is 12.8 Å². The number of nitrogens with one attached hydrogen (secondary N) is 1. The molecule has 6 nitrogen and oxygen atoms in total. The number of esters is 1. The summed E-state index contributed by atoms with van der Waals surface area (Å²) in [5.41, 5.74) is 0. The lowest BCUT2D eigenvalue weighted by molar-refractivity contribution is -0.143. The van der Waals surface area contributed by atoms with Crippen molar-refractivity contribution in [2.75, 3.05) is 13.2 Å². The van der Waals surface area contributed by atoms with Crippen LogP contribution in [-0.2, 0) is 14.3 Å². The molecule has 0 radical (unpaired) electrons. The number of hydrogen-bond acceptors (Lipinski definition) is 5. The van der Waals surface area contributed by atoms with E-state index in [0.717, 1.165) is 44.9 Å². The van der Waals surface area contributed by atoms with Crippen molar-refractivity contribution in [1.29, 1.82) is 0 Å². The van der Waals surface area contributed by atoms with Gasteiger partial charge in [0.15, 0.2) is 0 Å². The molecule has 0 aromatic rings. The van der Waals surface area contributed by atoms with E-state index in [2.05, 4.69) is 31.3 Å². The maximum absolute atomic E-state index is 12.5. The van der Waals surface area contributed by atoms with E-state index < -0.39 is 12.1 Å². The minimum atomic E-state index is -0.665. The molecule has 0 aromatic carbocycles. The molecule has 2 atom stereocenters. The first-order valence-electron chi connectivity index (χ1n) is 33.4. The van der Waals surface area contributed by atoms with Gasteiger partial charge in [-0.25, -0.2) is 0 Å². The van der Waals surface area contributed by atoms with E-state index in [1.54, 1.807) is 0 Å². The van der Waals surface area contributed by atoms with Crippen LogP contribution < -0.4 is 5.32 Å². The number of hydrogen-bond donors (Lipinski definition) is 3. The number of allylic oxidation sites excluding steroid dienone is 2. The third kappa shape index (κ3) is 59.7. The van der Waals surface area contributed by atoms with E-state index in [9.17, 15) is 19.8 Å². The van der Waals surface area contributed by atoms with E-state index in [4.69, 9.17) is 4.74 Å². The fraction of sp³-hybridized carbons (Fsp3) is 0.940. The van der Waals surface area contributed by atoms with Gasteiger partial charge in [0.2, 0.25) is 5.91 Å². The number of carbonyl (C=O) groups is 2. The molecule has 0 aromatic heterocycles. The predicted molar refractivity (Wildman–Crippen MR) is 320 cm³/mol. The van der Waals surface area contributed by atoms with Crippen molar-refractivity contribution in [3.8, 4) is 0 Å². The van der Waals surface area contributed by atoms with Crippen LogP contribution in [0, 0.1) is 0 Å². The molecule has 0 bridgehead atoms.